The van der Waals surface area contributed by atoms with E-state index in [9.17, 15) is 0 Å². The molecule has 0 saturated heterocycles. The summed E-state index contributed by atoms with van der Waals surface area (Å²) in [6, 6.07) is 5.95. The monoisotopic (exact) mass is 342 g/mol. The largest absolute Gasteiger partial charge is 0.453 e. The molecule has 1 atom stereocenters. The normalized spacial score (nSPS) is 12.6. The van der Waals surface area contributed by atoms with E-state index < -0.39 is 0 Å². The van der Waals surface area contributed by atoms with Gasteiger partial charge in [0, 0.05) is 12.4 Å². The van der Waals surface area contributed by atoms with E-state index in [-0.39, 0.29) is 6.04 Å². The lowest BCUT2D eigenvalue weighted by molar-refractivity contribution is 0.400. The summed E-state index contributed by atoms with van der Waals surface area (Å²) >= 11 is 9.50. The van der Waals surface area contributed by atoms with E-state index in [1.165, 1.54) is 0 Å². The van der Waals surface area contributed by atoms with Gasteiger partial charge in [-0.2, -0.15) is 0 Å². The molecule has 102 valence electrons. The maximum absolute atomic E-state index is 6.16. The Balaban J connectivity index is 2.16. The van der Waals surface area contributed by atoms with Gasteiger partial charge in [-0.25, -0.2) is 0 Å². The molecule has 0 fully saturated rings. The number of rotatable bonds is 6. The highest BCUT2D eigenvalue weighted by Gasteiger charge is 2.16. The average molecular weight is 344 g/mol. The molecule has 0 radical (unpaired) electrons. The van der Waals surface area contributed by atoms with E-state index in [2.05, 4.69) is 33.2 Å². The Morgan fingerprint density at radius 1 is 1.42 bits per heavy atom. The zero-order valence-corrected chi connectivity index (χ0v) is 13.0. The Hall–Kier alpha value is -0.840. The molecule has 0 aliphatic carbocycles. The summed E-state index contributed by atoms with van der Waals surface area (Å²) in [5, 5.41) is 4.17. The Labute approximate surface area is 126 Å². The number of pyridine rings is 1. The van der Waals surface area contributed by atoms with E-state index in [1.807, 2.05) is 18.2 Å². The number of hydrogen-bond acceptors (Lipinski definition) is 3. The van der Waals surface area contributed by atoms with E-state index >= 15 is 0 Å². The standard InChI is InChI=1S/C14H16BrClN2O/c1-2-6-18-12(13-3-4-14(15)19-13)8-10-5-7-17-9-11(10)16/h3-5,7,9,12,18H,2,6,8H2,1H3. The van der Waals surface area contributed by atoms with Crippen LogP contribution in [0, 0.1) is 0 Å². The SMILES string of the molecule is CCCNC(Cc1ccncc1Cl)c1ccc(Br)o1. The van der Waals surface area contributed by atoms with Crippen LogP contribution in [0.5, 0.6) is 0 Å². The molecule has 0 aromatic carbocycles. The minimum Gasteiger partial charge on any atom is -0.453 e. The molecule has 0 aliphatic heterocycles. The Morgan fingerprint density at radius 2 is 2.26 bits per heavy atom. The van der Waals surface area contributed by atoms with Gasteiger partial charge in [0.25, 0.3) is 0 Å². The number of nitrogens with zero attached hydrogens (tertiary/aromatic N) is 1. The van der Waals surface area contributed by atoms with E-state index in [0.29, 0.717) is 5.02 Å². The first kappa shape index (κ1) is 14.6. The van der Waals surface area contributed by atoms with Crippen molar-refractivity contribution in [3.8, 4) is 0 Å². The summed E-state index contributed by atoms with van der Waals surface area (Å²) in [6.45, 7) is 3.08. The van der Waals surface area contributed by atoms with Crippen molar-refractivity contribution >= 4 is 27.5 Å². The first-order valence-corrected chi connectivity index (χ1v) is 7.44. The first-order chi connectivity index (χ1) is 9.20. The van der Waals surface area contributed by atoms with Gasteiger partial charge in [-0.15, -0.1) is 0 Å². The van der Waals surface area contributed by atoms with Gasteiger partial charge in [0.2, 0.25) is 0 Å². The molecular weight excluding hydrogens is 328 g/mol. The van der Waals surface area contributed by atoms with Gasteiger partial charge >= 0.3 is 0 Å². The maximum atomic E-state index is 6.16. The molecule has 2 aromatic rings. The summed E-state index contributed by atoms with van der Waals surface area (Å²) in [6.07, 6.45) is 5.28. The minimum absolute atomic E-state index is 0.117. The third-order valence-electron chi connectivity index (χ3n) is 2.86. The van der Waals surface area contributed by atoms with Crippen molar-refractivity contribution in [1.29, 1.82) is 0 Å². The molecule has 0 aliphatic rings. The smallest absolute Gasteiger partial charge is 0.169 e. The van der Waals surface area contributed by atoms with Crippen LogP contribution in [0.25, 0.3) is 0 Å². The molecule has 2 aromatic heterocycles. The molecule has 0 amide bonds. The molecule has 2 rings (SSSR count). The number of halogens is 2. The highest BCUT2D eigenvalue weighted by Crippen LogP contribution is 2.26. The van der Waals surface area contributed by atoms with Crippen molar-refractivity contribution in [2.75, 3.05) is 6.54 Å². The van der Waals surface area contributed by atoms with Gasteiger partial charge in [0.15, 0.2) is 4.67 Å². The summed E-state index contributed by atoms with van der Waals surface area (Å²) in [5.41, 5.74) is 1.07. The number of nitrogens with one attached hydrogen (secondary N) is 1. The van der Waals surface area contributed by atoms with Gasteiger partial charge in [-0.3, -0.25) is 4.98 Å². The van der Waals surface area contributed by atoms with Crippen LogP contribution in [0.1, 0.15) is 30.7 Å². The molecule has 3 nitrogen and oxygen atoms in total. The van der Waals surface area contributed by atoms with E-state index in [0.717, 1.165) is 35.4 Å². The van der Waals surface area contributed by atoms with Crippen LogP contribution in [0.15, 0.2) is 39.7 Å². The van der Waals surface area contributed by atoms with Gasteiger partial charge in [0.1, 0.15) is 5.76 Å². The molecular formula is C14H16BrClN2O. The van der Waals surface area contributed by atoms with Crippen molar-refractivity contribution in [1.82, 2.24) is 10.3 Å². The van der Waals surface area contributed by atoms with E-state index in [4.69, 9.17) is 16.0 Å². The summed E-state index contributed by atoms with van der Waals surface area (Å²) < 4.78 is 6.39. The Kier molecular flexibility index (Phi) is 5.43. The fraction of sp³-hybridized carbons (Fsp3) is 0.357. The number of aromatic nitrogens is 1. The van der Waals surface area contributed by atoms with Crippen LogP contribution in [-0.2, 0) is 6.42 Å². The minimum atomic E-state index is 0.117. The highest BCUT2D eigenvalue weighted by molar-refractivity contribution is 9.10. The molecule has 5 heteroatoms. The number of hydrogen-bond donors (Lipinski definition) is 1. The summed E-state index contributed by atoms with van der Waals surface area (Å²) in [5.74, 6) is 0.910. The predicted molar refractivity (Wildman–Crippen MR) is 80.4 cm³/mol. The molecule has 1 unspecified atom stereocenters. The fourth-order valence-electron chi connectivity index (χ4n) is 1.90. The van der Waals surface area contributed by atoms with Crippen molar-refractivity contribution in [3.05, 3.63) is 51.6 Å². The van der Waals surface area contributed by atoms with Crippen LogP contribution in [0.2, 0.25) is 5.02 Å². The molecule has 0 bridgehead atoms. The molecule has 0 spiro atoms. The average Bonchev–Trinajstić information content (AvgIpc) is 2.83. The topological polar surface area (TPSA) is 38.1 Å². The Morgan fingerprint density at radius 3 is 2.89 bits per heavy atom. The molecule has 0 saturated carbocycles. The molecule has 19 heavy (non-hydrogen) atoms. The van der Waals surface area contributed by atoms with Gasteiger partial charge in [-0.05, 0) is 59.1 Å². The lowest BCUT2D eigenvalue weighted by atomic mass is 10.0. The van der Waals surface area contributed by atoms with Crippen molar-refractivity contribution in [2.45, 2.75) is 25.8 Å². The van der Waals surface area contributed by atoms with Crippen LogP contribution in [-0.4, -0.2) is 11.5 Å². The fourth-order valence-corrected chi connectivity index (χ4v) is 2.41. The first-order valence-electron chi connectivity index (χ1n) is 6.27. The highest BCUT2D eigenvalue weighted by atomic mass is 79.9. The van der Waals surface area contributed by atoms with Crippen LogP contribution < -0.4 is 5.32 Å². The second kappa shape index (κ2) is 7.08. The lowest BCUT2D eigenvalue weighted by Crippen LogP contribution is -2.23. The van der Waals surface area contributed by atoms with Gasteiger partial charge < -0.3 is 9.73 Å². The van der Waals surface area contributed by atoms with E-state index in [1.54, 1.807) is 12.4 Å². The summed E-state index contributed by atoms with van der Waals surface area (Å²) in [4.78, 5) is 4.01. The zero-order chi connectivity index (χ0) is 13.7. The zero-order valence-electron chi connectivity index (χ0n) is 10.7. The second-order valence-electron chi connectivity index (χ2n) is 4.32. The molecule has 1 N–H and O–H groups in total. The third kappa shape index (κ3) is 4.06. The van der Waals surface area contributed by atoms with Crippen LogP contribution in [0.4, 0.5) is 0 Å². The van der Waals surface area contributed by atoms with Crippen LogP contribution in [0.3, 0.4) is 0 Å². The lowest BCUT2D eigenvalue weighted by Gasteiger charge is -2.17. The van der Waals surface area contributed by atoms with Crippen molar-refractivity contribution in [3.63, 3.8) is 0 Å². The van der Waals surface area contributed by atoms with Crippen molar-refractivity contribution < 1.29 is 4.42 Å². The molecule has 2 heterocycles. The second-order valence-corrected chi connectivity index (χ2v) is 5.51. The van der Waals surface area contributed by atoms with Crippen molar-refractivity contribution in [2.24, 2.45) is 0 Å². The summed E-state index contributed by atoms with van der Waals surface area (Å²) in [7, 11) is 0. The maximum Gasteiger partial charge on any atom is 0.169 e. The predicted octanol–water partition coefficient (Wildman–Crippen LogP) is 4.37. The Bertz CT molecular complexity index is 530. The third-order valence-corrected chi connectivity index (χ3v) is 3.63. The number of furan rings is 1. The van der Waals surface area contributed by atoms with Crippen LogP contribution >= 0.6 is 27.5 Å². The van der Waals surface area contributed by atoms with Gasteiger partial charge in [-0.1, -0.05) is 18.5 Å². The van der Waals surface area contributed by atoms with Gasteiger partial charge in [0.05, 0.1) is 11.1 Å². The quantitative estimate of drug-likeness (QED) is 0.846.